The van der Waals surface area contributed by atoms with Crippen LogP contribution >= 0.6 is 0 Å². The number of carbonyl (C=O) groups is 2. The molecule has 0 unspecified atom stereocenters. The summed E-state index contributed by atoms with van der Waals surface area (Å²) in [6.45, 7) is 4.91. The number of hydrogen-bond donors (Lipinski definition) is 1. The molecule has 2 heterocycles. The molecule has 0 bridgehead atoms. The van der Waals surface area contributed by atoms with E-state index in [9.17, 15) is 9.59 Å². The smallest absolute Gasteiger partial charge is 0.270 e. The second-order valence-corrected chi connectivity index (χ2v) is 6.49. The van der Waals surface area contributed by atoms with E-state index in [-0.39, 0.29) is 24.4 Å². The highest BCUT2D eigenvalue weighted by Crippen LogP contribution is 2.32. The van der Waals surface area contributed by atoms with Gasteiger partial charge in [0.2, 0.25) is 5.91 Å². The molecule has 3 rings (SSSR count). The zero-order chi connectivity index (χ0) is 17.8. The van der Waals surface area contributed by atoms with E-state index in [1.165, 1.54) is 16.7 Å². The molecule has 1 saturated heterocycles. The Morgan fingerprint density at radius 3 is 2.76 bits per heavy atom. The van der Waals surface area contributed by atoms with E-state index < -0.39 is 0 Å². The van der Waals surface area contributed by atoms with Gasteiger partial charge in [-0.1, -0.05) is 24.3 Å². The first kappa shape index (κ1) is 17.1. The molecule has 1 aliphatic heterocycles. The molecule has 1 aromatic carbocycles. The van der Waals surface area contributed by atoms with Crippen LogP contribution in [0, 0.1) is 13.8 Å². The molecule has 2 amide bonds. The number of pyridine rings is 1. The van der Waals surface area contributed by atoms with Gasteiger partial charge < -0.3 is 10.2 Å². The quantitative estimate of drug-likeness (QED) is 0.933. The maximum atomic E-state index is 12.6. The van der Waals surface area contributed by atoms with Crippen LogP contribution in [0.3, 0.4) is 0 Å². The highest BCUT2D eigenvalue weighted by molar-refractivity contribution is 5.94. The number of rotatable bonds is 4. The number of benzene rings is 1. The Kier molecular flexibility index (Phi) is 5.12. The van der Waals surface area contributed by atoms with Crippen molar-refractivity contribution in [1.82, 2.24) is 15.2 Å². The van der Waals surface area contributed by atoms with E-state index in [4.69, 9.17) is 0 Å². The highest BCUT2D eigenvalue weighted by atomic mass is 16.2. The molecule has 0 radical (unpaired) electrons. The third-order valence-corrected chi connectivity index (χ3v) is 4.79. The normalized spacial score (nSPS) is 16.7. The van der Waals surface area contributed by atoms with Gasteiger partial charge in [0.25, 0.3) is 5.91 Å². The fraction of sp³-hybridized carbons (Fsp3) is 0.350. The largest absolute Gasteiger partial charge is 0.342 e. The minimum absolute atomic E-state index is 0.00322. The summed E-state index contributed by atoms with van der Waals surface area (Å²) in [6, 6.07) is 11.6. The summed E-state index contributed by atoms with van der Waals surface area (Å²) < 4.78 is 0. The van der Waals surface area contributed by atoms with Crippen LogP contribution in [0.5, 0.6) is 0 Å². The maximum Gasteiger partial charge on any atom is 0.270 e. The predicted octanol–water partition coefficient (Wildman–Crippen LogP) is 2.79. The van der Waals surface area contributed by atoms with E-state index >= 15 is 0 Å². The first-order valence-electron chi connectivity index (χ1n) is 8.62. The number of aromatic nitrogens is 1. The fourth-order valence-corrected chi connectivity index (χ4v) is 3.23. The van der Waals surface area contributed by atoms with Crippen molar-refractivity contribution in [1.29, 1.82) is 0 Å². The Morgan fingerprint density at radius 1 is 1.20 bits per heavy atom. The Balaban J connectivity index is 1.64. The van der Waals surface area contributed by atoms with Crippen molar-refractivity contribution in [2.45, 2.75) is 32.7 Å². The van der Waals surface area contributed by atoms with Crippen LogP contribution in [-0.4, -0.2) is 34.8 Å². The lowest BCUT2D eigenvalue weighted by Gasteiger charge is -2.25. The molecule has 1 atom stereocenters. The van der Waals surface area contributed by atoms with Crippen LogP contribution in [0.4, 0.5) is 0 Å². The predicted molar refractivity (Wildman–Crippen MR) is 96.2 cm³/mol. The Hall–Kier alpha value is -2.69. The van der Waals surface area contributed by atoms with Crippen molar-refractivity contribution < 1.29 is 9.59 Å². The fourth-order valence-electron chi connectivity index (χ4n) is 3.23. The summed E-state index contributed by atoms with van der Waals surface area (Å²) in [6.07, 6.45) is 3.51. The highest BCUT2D eigenvalue weighted by Gasteiger charge is 2.30. The van der Waals surface area contributed by atoms with Gasteiger partial charge >= 0.3 is 0 Å². The topological polar surface area (TPSA) is 62.3 Å². The minimum Gasteiger partial charge on any atom is -0.342 e. The Bertz CT molecular complexity index is 774. The summed E-state index contributed by atoms with van der Waals surface area (Å²) in [5, 5.41) is 2.68. The molecule has 1 fully saturated rings. The molecule has 2 aromatic rings. The van der Waals surface area contributed by atoms with Crippen molar-refractivity contribution in [3.8, 4) is 0 Å². The molecule has 25 heavy (non-hydrogen) atoms. The van der Waals surface area contributed by atoms with Crippen molar-refractivity contribution in [3.05, 3.63) is 65.0 Å². The molecule has 1 aliphatic rings. The molecule has 1 N–H and O–H groups in total. The van der Waals surface area contributed by atoms with Crippen molar-refractivity contribution in [2.75, 3.05) is 13.1 Å². The Morgan fingerprint density at radius 2 is 2.04 bits per heavy atom. The number of carbonyl (C=O) groups excluding carboxylic acids is 2. The second-order valence-electron chi connectivity index (χ2n) is 6.49. The summed E-state index contributed by atoms with van der Waals surface area (Å²) >= 11 is 0. The number of amides is 2. The third kappa shape index (κ3) is 3.87. The number of aryl methyl sites for hydroxylation is 2. The molecule has 0 saturated carbocycles. The molecular weight excluding hydrogens is 314 g/mol. The van der Waals surface area contributed by atoms with Crippen molar-refractivity contribution >= 4 is 11.8 Å². The van der Waals surface area contributed by atoms with Gasteiger partial charge in [-0.3, -0.25) is 14.6 Å². The maximum absolute atomic E-state index is 12.6. The van der Waals surface area contributed by atoms with Crippen LogP contribution < -0.4 is 5.32 Å². The average molecular weight is 337 g/mol. The number of nitrogens with one attached hydrogen (secondary N) is 1. The minimum atomic E-state index is -0.323. The van der Waals surface area contributed by atoms with Gasteiger partial charge in [-0.15, -0.1) is 0 Å². The van der Waals surface area contributed by atoms with Crippen molar-refractivity contribution in [2.24, 2.45) is 0 Å². The summed E-state index contributed by atoms with van der Waals surface area (Å²) in [4.78, 5) is 30.5. The summed E-state index contributed by atoms with van der Waals surface area (Å²) in [5.41, 5.74) is 3.98. The zero-order valence-corrected chi connectivity index (χ0v) is 14.7. The standard InChI is InChI=1S/C20H23N3O2/c1-14-8-9-16(12-15(14)2)18-7-5-11-23(18)19(24)13-22-20(25)17-6-3-4-10-21-17/h3-4,6,8-10,12,18H,5,7,11,13H2,1-2H3,(H,22,25)/t18-/m0/s1. The monoisotopic (exact) mass is 337 g/mol. The molecule has 1 aromatic heterocycles. The van der Waals surface area contributed by atoms with Gasteiger partial charge in [0.1, 0.15) is 5.69 Å². The number of likely N-dealkylation sites (tertiary alicyclic amines) is 1. The van der Waals surface area contributed by atoms with Crippen LogP contribution in [0.2, 0.25) is 0 Å². The van der Waals surface area contributed by atoms with Crippen LogP contribution in [0.1, 0.15) is 46.1 Å². The second kappa shape index (κ2) is 7.47. The molecule has 0 spiro atoms. The van der Waals surface area contributed by atoms with Gasteiger partial charge in [-0.05, 0) is 55.5 Å². The van der Waals surface area contributed by atoms with Crippen molar-refractivity contribution in [3.63, 3.8) is 0 Å². The van der Waals surface area contributed by atoms with Crippen LogP contribution in [0.25, 0.3) is 0 Å². The molecule has 5 nitrogen and oxygen atoms in total. The van der Waals surface area contributed by atoms with E-state index in [2.05, 4.69) is 42.3 Å². The molecular formula is C20H23N3O2. The SMILES string of the molecule is Cc1ccc([C@@H]2CCCN2C(=O)CNC(=O)c2ccccn2)cc1C. The van der Waals surface area contributed by atoms with Gasteiger partial charge in [-0.25, -0.2) is 0 Å². The summed E-state index contributed by atoms with van der Waals surface area (Å²) in [7, 11) is 0. The van der Waals surface area contributed by atoms with Gasteiger partial charge in [-0.2, -0.15) is 0 Å². The lowest BCUT2D eigenvalue weighted by atomic mass is 9.99. The molecule has 0 aliphatic carbocycles. The number of nitrogens with zero attached hydrogens (tertiary/aromatic N) is 2. The van der Waals surface area contributed by atoms with E-state index in [1.807, 2.05) is 4.90 Å². The molecule has 5 heteroatoms. The Labute approximate surface area is 148 Å². The van der Waals surface area contributed by atoms with Gasteiger partial charge in [0.15, 0.2) is 0 Å². The summed E-state index contributed by atoms with van der Waals surface area (Å²) in [5.74, 6) is -0.374. The average Bonchev–Trinajstić information content (AvgIpc) is 3.12. The zero-order valence-electron chi connectivity index (χ0n) is 14.7. The van der Waals surface area contributed by atoms with E-state index in [0.717, 1.165) is 19.4 Å². The van der Waals surface area contributed by atoms with Crippen LogP contribution in [0.15, 0.2) is 42.6 Å². The van der Waals surface area contributed by atoms with Crippen LogP contribution in [-0.2, 0) is 4.79 Å². The lowest BCUT2D eigenvalue weighted by Crippen LogP contribution is -2.40. The lowest BCUT2D eigenvalue weighted by molar-refractivity contribution is -0.131. The first-order valence-corrected chi connectivity index (χ1v) is 8.62. The van der Waals surface area contributed by atoms with E-state index in [1.54, 1.807) is 24.4 Å². The molecule has 130 valence electrons. The van der Waals surface area contributed by atoms with Gasteiger partial charge in [0, 0.05) is 12.7 Å². The number of hydrogen-bond acceptors (Lipinski definition) is 3. The third-order valence-electron chi connectivity index (χ3n) is 4.79. The van der Waals surface area contributed by atoms with E-state index in [0.29, 0.717) is 5.69 Å². The van der Waals surface area contributed by atoms with Gasteiger partial charge in [0.05, 0.1) is 12.6 Å². The first-order chi connectivity index (χ1) is 12.1.